The molecule has 7 aromatic carbocycles. The van der Waals surface area contributed by atoms with Crippen molar-refractivity contribution in [1.29, 1.82) is 0 Å². The van der Waals surface area contributed by atoms with Crippen LogP contribution in [-0.2, 0) is 5.41 Å². The van der Waals surface area contributed by atoms with Crippen molar-refractivity contribution in [2.45, 2.75) is 37.5 Å². The van der Waals surface area contributed by atoms with E-state index in [1.807, 2.05) is 0 Å². The van der Waals surface area contributed by atoms with Gasteiger partial charge in [0.05, 0.1) is 5.69 Å². The van der Waals surface area contributed by atoms with Crippen LogP contribution < -0.4 is 0 Å². The molecule has 4 bridgehead atoms. The van der Waals surface area contributed by atoms with E-state index in [1.165, 1.54) is 86.0 Å². The molecule has 276 valence electrons. The Hall–Kier alpha value is -6.10. The van der Waals surface area contributed by atoms with E-state index >= 15 is 0 Å². The first-order valence-corrected chi connectivity index (χ1v) is 21.9. The average Bonchev–Trinajstić information content (AvgIpc) is 3.92. The largest absolute Gasteiger partial charge is 0.456 e. The van der Waals surface area contributed by atoms with Gasteiger partial charge in [0.2, 0.25) is 0 Å². The molecule has 0 radical (unpaired) electrons. The summed E-state index contributed by atoms with van der Waals surface area (Å²) in [5, 5.41) is 7.18. The number of benzene rings is 7. The fourth-order valence-electron chi connectivity index (χ4n) is 12.7. The molecule has 15 rings (SSSR count). The van der Waals surface area contributed by atoms with Gasteiger partial charge in [-0.05, 0) is 142 Å². The average molecular weight is 763 g/mol. The Kier molecular flexibility index (Phi) is 6.34. The van der Waals surface area contributed by atoms with E-state index < -0.39 is 0 Å². The van der Waals surface area contributed by atoms with E-state index in [0.717, 1.165) is 55.9 Å². The fraction of sp³-hybridized carbons (Fsp3) is 0.185. The van der Waals surface area contributed by atoms with E-state index in [-0.39, 0.29) is 5.41 Å². The van der Waals surface area contributed by atoms with Gasteiger partial charge >= 0.3 is 0 Å². The summed E-state index contributed by atoms with van der Waals surface area (Å²) < 4.78 is 7.63. The number of furan rings is 1. The van der Waals surface area contributed by atoms with Gasteiger partial charge in [0.1, 0.15) is 16.0 Å². The molecule has 58 heavy (non-hydrogen) atoms. The van der Waals surface area contributed by atoms with Gasteiger partial charge in [0.15, 0.2) is 5.82 Å². The number of fused-ring (bicyclic) bond motifs is 10. The molecule has 0 saturated heterocycles. The van der Waals surface area contributed by atoms with Gasteiger partial charge in [-0.15, -0.1) is 11.3 Å². The topological polar surface area (TPSA) is 38.9 Å². The minimum absolute atomic E-state index is 0.0443. The number of hydrogen-bond donors (Lipinski definition) is 0. The molecule has 4 fully saturated rings. The summed E-state index contributed by atoms with van der Waals surface area (Å²) in [5.41, 5.74) is 13.5. The van der Waals surface area contributed by atoms with Gasteiger partial charge in [-0.3, -0.25) is 0 Å². The second-order valence-electron chi connectivity index (χ2n) is 17.7. The lowest BCUT2D eigenvalue weighted by atomic mass is 9.43. The third-order valence-corrected chi connectivity index (χ3v) is 15.9. The van der Waals surface area contributed by atoms with E-state index in [2.05, 4.69) is 146 Å². The van der Waals surface area contributed by atoms with Crippen LogP contribution in [0.1, 0.15) is 43.2 Å². The van der Waals surface area contributed by atoms with Gasteiger partial charge in [0.25, 0.3) is 0 Å². The summed E-state index contributed by atoms with van der Waals surface area (Å²) >= 11 is 1.77. The summed E-state index contributed by atoms with van der Waals surface area (Å²) in [6.45, 7) is 0. The number of nitrogens with zero attached hydrogens (tertiary/aromatic N) is 2. The van der Waals surface area contributed by atoms with Gasteiger partial charge in [-0.25, -0.2) is 9.97 Å². The van der Waals surface area contributed by atoms with Crippen LogP contribution in [0.5, 0.6) is 0 Å². The number of hydrogen-bond acceptors (Lipinski definition) is 4. The molecular formula is C54H38N2OS. The lowest BCUT2D eigenvalue weighted by molar-refractivity contribution is -0.0399. The van der Waals surface area contributed by atoms with E-state index in [9.17, 15) is 0 Å². The van der Waals surface area contributed by atoms with Crippen molar-refractivity contribution in [3.8, 4) is 44.9 Å². The molecule has 3 nitrogen and oxygen atoms in total. The monoisotopic (exact) mass is 762 g/mol. The smallest absolute Gasteiger partial charge is 0.161 e. The second kappa shape index (κ2) is 11.5. The molecule has 0 N–H and O–H groups in total. The van der Waals surface area contributed by atoms with E-state index in [4.69, 9.17) is 14.4 Å². The molecule has 4 saturated carbocycles. The molecule has 0 atom stereocenters. The fourth-order valence-corrected chi connectivity index (χ4v) is 13.8. The van der Waals surface area contributed by atoms with Crippen molar-refractivity contribution in [2.75, 3.05) is 0 Å². The van der Waals surface area contributed by atoms with Crippen LogP contribution in [0.15, 0.2) is 150 Å². The van der Waals surface area contributed by atoms with Crippen molar-refractivity contribution in [1.82, 2.24) is 9.97 Å². The van der Waals surface area contributed by atoms with Crippen molar-refractivity contribution >= 4 is 64.4 Å². The van der Waals surface area contributed by atoms with Crippen LogP contribution in [-0.4, -0.2) is 9.97 Å². The third kappa shape index (κ3) is 4.28. The van der Waals surface area contributed by atoms with Crippen molar-refractivity contribution in [2.24, 2.45) is 23.7 Å². The van der Waals surface area contributed by atoms with Gasteiger partial charge in [0, 0.05) is 42.8 Å². The lowest BCUT2D eigenvalue weighted by Gasteiger charge is -2.61. The van der Waals surface area contributed by atoms with Crippen LogP contribution in [0.3, 0.4) is 0 Å². The van der Waals surface area contributed by atoms with E-state index in [1.54, 1.807) is 22.5 Å². The quantitative estimate of drug-likeness (QED) is 0.180. The van der Waals surface area contributed by atoms with Crippen molar-refractivity contribution in [3.05, 3.63) is 157 Å². The zero-order valence-corrected chi connectivity index (χ0v) is 32.7. The maximum atomic E-state index is 6.39. The van der Waals surface area contributed by atoms with Gasteiger partial charge in [-0.1, -0.05) is 103 Å². The molecule has 0 aliphatic heterocycles. The second-order valence-corrected chi connectivity index (χ2v) is 18.8. The Labute approximate surface area is 340 Å². The summed E-state index contributed by atoms with van der Waals surface area (Å²) in [6, 6.07) is 53.9. The summed E-state index contributed by atoms with van der Waals surface area (Å²) in [7, 11) is 0. The minimum Gasteiger partial charge on any atom is -0.456 e. The molecular weight excluding hydrogens is 725 g/mol. The predicted molar refractivity (Wildman–Crippen MR) is 239 cm³/mol. The first-order valence-electron chi connectivity index (χ1n) is 21.1. The van der Waals surface area contributed by atoms with Crippen molar-refractivity contribution in [3.63, 3.8) is 0 Å². The minimum atomic E-state index is 0.0443. The number of thiophene rings is 1. The Morgan fingerprint density at radius 2 is 1.21 bits per heavy atom. The molecule has 1 spiro atoms. The van der Waals surface area contributed by atoms with Crippen LogP contribution in [0.25, 0.3) is 97.9 Å². The Balaban J connectivity index is 0.963. The zero-order chi connectivity index (χ0) is 37.7. The lowest BCUT2D eigenvalue weighted by Crippen LogP contribution is -2.55. The van der Waals surface area contributed by atoms with Crippen molar-refractivity contribution < 1.29 is 4.42 Å². The highest BCUT2D eigenvalue weighted by molar-refractivity contribution is 7.25. The number of aromatic nitrogens is 2. The summed E-state index contributed by atoms with van der Waals surface area (Å²) in [4.78, 5) is 11.9. The van der Waals surface area contributed by atoms with Gasteiger partial charge < -0.3 is 4.42 Å². The Bertz CT molecular complexity index is 3360. The molecule has 5 aliphatic rings. The highest BCUT2D eigenvalue weighted by Gasteiger charge is 2.61. The van der Waals surface area contributed by atoms with E-state index in [0.29, 0.717) is 11.8 Å². The zero-order valence-electron chi connectivity index (χ0n) is 31.9. The molecule has 4 heteroatoms. The molecule has 3 aromatic heterocycles. The first-order chi connectivity index (χ1) is 28.7. The normalized spacial score (nSPS) is 22.9. The first kappa shape index (κ1) is 31.9. The number of rotatable bonds is 3. The van der Waals surface area contributed by atoms with Crippen LogP contribution >= 0.6 is 11.3 Å². The highest BCUT2D eigenvalue weighted by atomic mass is 32.1. The Morgan fingerprint density at radius 3 is 2.09 bits per heavy atom. The van der Waals surface area contributed by atoms with Gasteiger partial charge in [-0.2, -0.15) is 0 Å². The molecule has 5 aliphatic carbocycles. The van der Waals surface area contributed by atoms with Crippen LogP contribution in [0.4, 0.5) is 0 Å². The molecule has 3 heterocycles. The Morgan fingerprint density at radius 1 is 0.500 bits per heavy atom. The third-order valence-electron chi connectivity index (χ3n) is 14.9. The summed E-state index contributed by atoms with van der Waals surface area (Å²) in [5.74, 6) is 3.91. The SMILES string of the molecule is c1ccc2cc(-c3nc(-c4ccc5c(c4)-c4ccc(-c6ccc7c(c6)oc6ccccc67)cc4C54C5CC6CC(C5)CC4C6)nc4sc5ccccc5c34)ccc2c1. The predicted octanol–water partition coefficient (Wildman–Crippen LogP) is 14.6. The summed E-state index contributed by atoms with van der Waals surface area (Å²) in [6.07, 6.45) is 6.84. The molecule has 0 amide bonds. The maximum Gasteiger partial charge on any atom is 0.161 e. The molecule has 10 aromatic rings. The number of para-hydroxylation sites is 1. The van der Waals surface area contributed by atoms with Crippen LogP contribution in [0, 0.1) is 23.7 Å². The maximum absolute atomic E-state index is 6.39. The molecule has 0 unspecified atom stereocenters. The van der Waals surface area contributed by atoms with Crippen LogP contribution in [0.2, 0.25) is 0 Å². The standard InChI is InChI=1S/C54H38N2OS/c1-2-8-33-26-36(14-13-32(33)7-1)51-50-43-10-4-6-12-49(43)58-53(50)56-52(55-51)37-17-20-45-44(27-37)40-18-15-34(35-16-19-42-41-9-3-5-11-47(41)57-48(42)29-35)28-46(40)54(45)38-22-30-21-31(24-38)25-39(54)23-30/h1-20,26-31,38-39H,21-25H2. The highest BCUT2D eigenvalue weighted by Crippen LogP contribution is 2.69.